The third kappa shape index (κ3) is 4.51. The molecule has 0 N–H and O–H groups in total. The third-order valence-electron chi connectivity index (χ3n) is 4.89. The number of hydrogen-bond acceptors (Lipinski definition) is 5. The second kappa shape index (κ2) is 8.88. The molecule has 0 amide bonds. The average Bonchev–Trinajstić information content (AvgIpc) is 3.09. The highest BCUT2D eigenvalue weighted by Gasteiger charge is 2.28. The fourth-order valence-corrected chi connectivity index (χ4v) is 3.31. The van der Waals surface area contributed by atoms with Gasteiger partial charge in [0.25, 0.3) is 0 Å². The summed E-state index contributed by atoms with van der Waals surface area (Å²) in [5, 5.41) is 0. The summed E-state index contributed by atoms with van der Waals surface area (Å²) in [6.45, 7) is 3.64. The zero-order valence-electron chi connectivity index (χ0n) is 17.3. The lowest BCUT2D eigenvalue weighted by atomic mass is 10.0. The van der Waals surface area contributed by atoms with Crippen LogP contribution in [0.3, 0.4) is 0 Å². The quantitative estimate of drug-likeness (QED) is 0.405. The zero-order chi connectivity index (χ0) is 21.8. The largest absolute Gasteiger partial charge is 0.479 e. The number of allylic oxidation sites excluding steroid dienone is 1. The Morgan fingerprint density at radius 1 is 1.00 bits per heavy atom. The summed E-state index contributed by atoms with van der Waals surface area (Å²) in [6.07, 6.45) is 0.965. The Balaban J connectivity index is 1.50. The highest BCUT2D eigenvalue weighted by molar-refractivity contribution is 6.14. The standard InChI is InChI=1S/C26H22O5/c1-3-29-26(28)17(2)30-21-13-14-22-23(16-21)31-24(25(22)27)15-18-9-11-20(12-10-18)19-7-5-4-6-8-19/h4-17H,3H2,1-2H3. The van der Waals surface area contributed by atoms with E-state index in [-0.39, 0.29) is 18.1 Å². The molecular weight excluding hydrogens is 392 g/mol. The number of fused-ring (bicyclic) bond motifs is 1. The summed E-state index contributed by atoms with van der Waals surface area (Å²) in [5.41, 5.74) is 3.56. The van der Waals surface area contributed by atoms with E-state index in [0.29, 0.717) is 17.1 Å². The van der Waals surface area contributed by atoms with Gasteiger partial charge in [-0.2, -0.15) is 0 Å². The van der Waals surface area contributed by atoms with Crippen LogP contribution in [0.15, 0.2) is 78.6 Å². The Hall–Kier alpha value is -3.86. The molecule has 0 saturated carbocycles. The molecule has 156 valence electrons. The summed E-state index contributed by atoms with van der Waals surface area (Å²) >= 11 is 0. The van der Waals surface area contributed by atoms with E-state index >= 15 is 0 Å². The van der Waals surface area contributed by atoms with E-state index in [1.54, 1.807) is 38.1 Å². The van der Waals surface area contributed by atoms with Crippen LogP contribution < -0.4 is 9.47 Å². The molecule has 0 radical (unpaired) electrons. The van der Waals surface area contributed by atoms with Crippen molar-refractivity contribution in [2.24, 2.45) is 0 Å². The Labute approximate surface area is 180 Å². The summed E-state index contributed by atoms with van der Waals surface area (Å²) in [7, 11) is 0. The number of Topliss-reactive ketones (excluding diaryl/α,β-unsaturated/α-hetero) is 1. The molecule has 4 rings (SSSR count). The van der Waals surface area contributed by atoms with Crippen molar-refractivity contribution in [3.63, 3.8) is 0 Å². The first-order valence-corrected chi connectivity index (χ1v) is 10.1. The molecule has 3 aromatic carbocycles. The van der Waals surface area contributed by atoms with Crippen molar-refractivity contribution in [1.29, 1.82) is 0 Å². The van der Waals surface area contributed by atoms with Gasteiger partial charge in [-0.25, -0.2) is 4.79 Å². The maximum Gasteiger partial charge on any atom is 0.347 e. The first-order valence-electron chi connectivity index (χ1n) is 10.1. The molecule has 31 heavy (non-hydrogen) atoms. The van der Waals surface area contributed by atoms with Crippen molar-refractivity contribution in [1.82, 2.24) is 0 Å². The Bertz CT molecular complexity index is 1130. The number of rotatable bonds is 6. The first-order chi connectivity index (χ1) is 15.0. The van der Waals surface area contributed by atoms with Crippen LogP contribution in [0.4, 0.5) is 0 Å². The molecule has 5 nitrogen and oxygen atoms in total. The van der Waals surface area contributed by atoms with Crippen molar-refractivity contribution in [2.75, 3.05) is 6.61 Å². The predicted molar refractivity (Wildman–Crippen MR) is 118 cm³/mol. The fraction of sp³-hybridized carbons (Fsp3) is 0.154. The SMILES string of the molecule is CCOC(=O)C(C)Oc1ccc2c(c1)OC(=Cc1ccc(-c3ccccc3)cc1)C2=O. The minimum atomic E-state index is -0.756. The molecule has 1 heterocycles. The zero-order valence-corrected chi connectivity index (χ0v) is 17.3. The molecule has 3 aromatic rings. The Kier molecular flexibility index (Phi) is 5.85. The van der Waals surface area contributed by atoms with Gasteiger partial charge in [-0.1, -0.05) is 54.6 Å². The Morgan fingerprint density at radius 2 is 1.71 bits per heavy atom. The lowest BCUT2D eigenvalue weighted by Gasteiger charge is -2.13. The molecule has 1 unspecified atom stereocenters. The van der Waals surface area contributed by atoms with E-state index in [4.69, 9.17) is 14.2 Å². The number of ether oxygens (including phenoxy) is 3. The van der Waals surface area contributed by atoms with E-state index < -0.39 is 12.1 Å². The van der Waals surface area contributed by atoms with Crippen LogP contribution in [0.1, 0.15) is 29.8 Å². The molecule has 0 saturated heterocycles. The van der Waals surface area contributed by atoms with Crippen LogP contribution in [0.5, 0.6) is 11.5 Å². The molecular formula is C26H22O5. The molecule has 1 aliphatic rings. The van der Waals surface area contributed by atoms with Gasteiger partial charge in [0, 0.05) is 6.07 Å². The smallest absolute Gasteiger partial charge is 0.347 e. The molecule has 0 spiro atoms. The monoisotopic (exact) mass is 414 g/mol. The first kappa shape index (κ1) is 20.4. The van der Waals surface area contributed by atoms with Gasteiger partial charge in [0.15, 0.2) is 11.9 Å². The maximum atomic E-state index is 12.7. The van der Waals surface area contributed by atoms with E-state index in [2.05, 4.69) is 12.1 Å². The predicted octanol–water partition coefficient (Wildman–Crippen LogP) is 5.30. The van der Waals surface area contributed by atoms with Crippen molar-refractivity contribution in [3.05, 3.63) is 89.7 Å². The van der Waals surface area contributed by atoms with Crippen LogP contribution in [0.2, 0.25) is 0 Å². The summed E-state index contributed by atoms with van der Waals surface area (Å²) in [5.74, 6) is 0.455. The second-order valence-electron chi connectivity index (χ2n) is 7.10. The lowest BCUT2D eigenvalue weighted by molar-refractivity contribution is -0.150. The molecule has 0 fully saturated rings. The summed E-state index contributed by atoms with van der Waals surface area (Å²) in [4.78, 5) is 24.5. The van der Waals surface area contributed by atoms with Gasteiger partial charge in [-0.3, -0.25) is 4.79 Å². The number of benzene rings is 3. The van der Waals surface area contributed by atoms with Gasteiger partial charge in [0.05, 0.1) is 12.2 Å². The molecule has 0 bridgehead atoms. The minimum absolute atomic E-state index is 0.188. The topological polar surface area (TPSA) is 61.8 Å². The molecule has 1 aliphatic heterocycles. The van der Waals surface area contributed by atoms with Gasteiger partial charge < -0.3 is 14.2 Å². The van der Waals surface area contributed by atoms with Crippen molar-refractivity contribution in [3.8, 4) is 22.6 Å². The van der Waals surface area contributed by atoms with E-state index in [1.165, 1.54) is 0 Å². The number of esters is 1. The van der Waals surface area contributed by atoms with Gasteiger partial charge in [0.1, 0.15) is 11.5 Å². The second-order valence-corrected chi connectivity index (χ2v) is 7.10. The van der Waals surface area contributed by atoms with Gasteiger partial charge >= 0.3 is 5.97 Å². The fourth-order valence-electron chi connectivity index (χ4n) is 3.31. The van der Waals surface area contributed by atoms with Crippen LogP contribution in [0, 0.1) is 0 Å². The number of ketones is 1. The van der Waals surface area contributed by atoms with Gasteiger partial charge in [0.2, 0.25) is 5.78 Å². The molecule has 0 aromatic heterocycles. The van der Waals surface area contributed by atoms with E-state index in [9.17, 15) is 9.59 Å². The maximum absolute atomic E-state index is 12.7. The van der Waals surface area contributed by atoms with Crippen molar-refractivity contribution in [2.45, 2.75) is 20.0 Å². The highest BCUT2D eigenvalue weighted by Crippen LogP contribution is 2.35. The molecule has 1 atom stereocenters. The minimum Gasteiger partial charge on any atom is -0.479 e. The van der Waals surface area contributed by atoms with Crippen LogP contribution in [-0.2, 0) is 9.53 Å². The molecule has 5 heteroatoms. The van der Waals surface area contributed by atoms with Gasteiger partial charge in [-0.05, 0) is 48.7 Å². The van der Waals surface area contributed by atoms with Crippen molar-refractivity contribution < 1.29 is 23.8 Å². The highest BCUT2D eigenvalue weighted by atomic mass is 16.6. The van der Waals surface area contributed by atoms with E-state index in [1.807, 2.05) is 42.5 Å². The van der Waals surface area contributed by atoms with E-state index in [0.717, 1.165) is 16.7 Å². The average molecular weight is 414 g/mol. The number of carbonyl (C=O) groups excluding carboxylic acids is 2. The van der Waals surface area contributed by atoms with Crippen molar-refractivity contribution >= 4 is 17.8 Å². The number of hydrogen-bond donors (Lipinski definition) is 0. The molecule has 0 aliphatic carbocycles. The van der Waals surface area contributed by atoms with Crippen LogP contribution in [-0.4, -0.2) is 24.5 Å². The normalized spacial score (nSPS) is 14.6. The van der Waals surface area contributed by atoms with Crippen LogP contribution in [0.25, 0.3) is 17.2 Å². The third-order valence-corrected chi connectivity index (χ3v) is 4.89. The van der Waals surface area contributed by atoms with Gasteiger partial charge in [-0.15, -0.1) is 0 Å². The van der Waals surface area contributed by atoms with Crippen LogP contribution >= 0.6 is 0 Å². The summed E-state index contributed by atoms with van der Waals surface area (Å²) < 4.78 is 16.3. The lowest BCUT2D eigenvalue weighted by Crippen LogP contribution is -2.26. The number of carbonyl (C=O) groups is 2. The summed E-state index contributed by atoms with van der Waals surface area (Å²) in [6, 6.07) is 22.9. The Morgan fingerprint density at radius 3 is 2.42 bits per heavy atom.